The number of pyridine rings is 1. The van der Waals surface area contributed by atoms with Gasteiger partial charge in [-0.05, 0) is 43.0 Å². The zero-order valence-electron chi connectivity index (χ0n) is 19.6. The summed E-state index contributed by atoms with van der Waals surface area (Å²) in [5.74, 6) is 2.83. The number of aryl methyl sites for hydroxylation is 1. The number of hydrogen-bond acceptors (Lipinski definition) is 5. The molecule has 0 bridgehead atoms. The van der Waals surface area contributed by atoms with E-state index in [9.17, 15) is 4.79 Å². The fraction of sp³-hybridized carbons (Fsp3) is 0.500. The Hall–Kier alpha value is -2.93. The lowest BCUT2D eigenvalue weighted by atomic mass is 9.97. The van der Waals surface area contributed by atoms with Gasteiger partial charge in [-0.15, -0.1) is 0 Å². The minimum absolute atomic E-state index is 0.220. The molecule has 2 saturated heterocycles. The van der Waals surface area contributed by atoms with Gasteiger partial charge in [-0.25, -0.2) is 9.97 Å². The number of likely N-dealkylation sites (tertiary alicyclic amines) is 1. The van der Waals surface area contributed by atoms with Crippen molar-refractivity contribution in [2.45, 2.75) is 32.7 Å². The summed E-state index contributed by atoms with van der Waals surface area (Å²) in [6.45, 7) is 9.45. The molecule has 174 valence electrons. The largest absolute Gasteiger partial charge is 0.354 e. The molecule has 5 rings (SSSR count). The van der Waals surface area contributed by atoms with Crippen molar-refractivity contribution in [1.29, 1.82) is 0 Å². The highest BCUT2D eigenvalue weighted by Gasteiger charge is 2.27. The van der Waals surface area contributed by atoms with Gasteiger partial charge in [0.1, 0.15) is 18.2 Å². The van der Waals surface area contributed by atoms with Gasteiger partial charge in [0, 0.05) is 58.4 Å². The zero-order chi connectivity index (χ0) is 22.6. The van der Waals surface area contributed by atoms with Crippen LogP contribution in [0.1, 0.15) is 25.6 Å². The quantitative estimate of drug-likeness (QED) is 0.583. The van der Waals surface area contributed by atoms with Crippen LogP contribution in [0.15, 0.2) is 48.7 Å². The van der Waals surface area contributed by atoms with Crippen molar-refractivity contribution in [1.82, 2.24) is 24.3 Å². The summed E-state index contributed by atoms with van der Waals surface area (Å²) in [6, 6.07) is 14.2. The SMILES string of the molecule is CCc1nc2ccccc2n1CC(=O)N1CCCC(CN2CCN(c3ccccn3)CC2)C1. The van der Waals surface area contributed by atoms with Gasteiger partial charge < -0.3 is 14.4 Å². The number of piperazine rings is 1. The number of nitrogens with zero attached hydrogens (tertiary/aromatic N) is 6. The van der Waals surface area contributed by atoms with Crippen LogP contribution in [0.5, 0.6) is 0 Å². The third-order valence-corrected chi connectivity index (χ3v) is 7.08. The predicted octanol–water partition coefficient (Wildman–Crippen LogP) is 3.05. The number of para-hydroxylation sites is 2. The van der Waals surface area contributed by atoms with Crippen LogP contribution in [-0.4, -0.2) is 76.1 Å². The molecule has 1 atom stereocenters. The molecular weight excluding hydrogens is 412 g/mol. The van der Waals surface area contributed by atoms with E-state index < -0.39 is 0 Å². The van der Waals surface area contributed by atoms with Gasteiger partial charge in [-0.1, -0.05) is 25.1 Å². The van der Waals surface area contributed by atoms with Crippen LogP contribution in [-0.2, 0) is 17.8 Å². The Kier molecular flexibility index (Phi) is 6.58. The third kappa shape index (κ3) is 4.88. The van der Waals surface area contributed by atoms with E-state index in [4.69, 9.17) is 4.98 Å². The number of carbonyl (C=O) groups is 1. The van der Waals surface area contributed by atoms with E-state index in [1.54, 1.807) is 0 Å². The summed E-state index contributed by atoms with van der Waals surface area (Å²) in [5.41, 5.74) is 2.03. The molecule has 2 aliphatic heterocycles. The van der Waals surface area contributed by atoms with Gasteiger partial charge in [0.05, 0.1) is 11.0 Å². The molecule has 1 amide bonds. The van der Waals surface area contributed by atoms with Gasteiger partial charge >= 0.3 is 0 Å². The summed E-state index contributed by atoms with van der Waals surface area (Å²) in [5, 5.41) is 0. The van der Waals surface area contributed by atoms with E-state index in [1.807, 2.05) is 30.5 Å². The first kappa shape index (κ1) is 21.9. The van der Waals surface area contributed by atoms with E-state index in [2.05, 4.69) is 49.4 Å². The number of aromatic nitrogens is 3. The molecule has 2 fully saturated rings. The lowest BCUT2D eigenvalue weighted by Crippen LogP contribution is -2.50. The number of hydrogen-bond donors (Lipinski definition) is 0. The number of anilines is 1. The van der Waals surface area contributed by atoms with E-state index >= 15 is 0 Å². The molecule has 0 aliphatic carbocycles. The average molecular weight is 447 g/mol. The molecule has 0 radical (unpaired) electrons. The van der Waals surface area contributed by atoms with Crippen molar-refractivity contribution in [2.24, 2.45) is 5.92 Å². The fourth-order valence-electron chi connectivity index (χ4n) is 5.31. The highest BCUT2D eigenvalue weighted by Crippen LogP contribution is 2.22. The zero-order valence-corrected chi connectivity index (χ0v) is 19.6. The topological polar surface area (TPSA) is 57.5 Å². The normalized spacial score (nSPS) is 19.8. The van der Waals surface area contributed by atoms with Gasteiger partial charge in [-0.3, -0.25) is 9.69 Å². The van der Waals surface area contributed by atoms with Gasteiger partial charge in [0.25, 0.3) is 0 Å². The minimum atomic E-state index is 0.220. The molecule has 33 heavy (non-hydrogen) atoms. The van der Waals surface area contributed by atoms with Crippen molar-refractivity contribution >= 4 is 22.8 Å². The second kappa shape index (κ2) is 9.91. The van der Waals surface area contributed by atoms with Crippen LogP contribution < -0.4 is 4.90 Å². The number of carbonyl (C=O) groups excluding carboxylic acids is 1. The van der Waals surface area contributed by atoms with Crippen LogP contribution >= 0.6 is 0 Å². The summed E-state index contributed by atoms with van der Waals surface area (Å²) in [7, 11) is 0. The second-order valence-electron chi connectivity index (χ2n) is 9.28. The Labute approximate surface area is 196 Å². The Balaban J connectivity index is 1.16. The number of piperidine rings is 1. The lowest BCUT2D eigenvalue weighted by molar-refractivity contribution is -0.133. The maximum atomic E-state index is 13.3. The molecule has 2 aromatic heterocycles. The first-order valence-electron chi connectivity index (χ1n) is 12.3. The number of fused-ring (bicyclic) bond motifs is 1. The highest BCUT2D eigenvalue weighted by molar-refractivity contribution is 5.81. The van der Waals surface area contributed by atoms with Crippen molar-refractivity contribution in [3.05, 3.63) is 54.5 Å². The van der Waals surface area contributed by atoms with E-state index in [0.717, 1.165) is 81.3 Å². The number of imidazole rings is 1. The van der Waals surface area contributed by atoms with Crippen molar-refractivity contribution in [2.75, 3.05) is 50.7 Å². The minimum Gasteiger partial charge on any atom is -0.354 e. The maximum absolute atomic E-state index is 13.3. The van der Waals surface area contributed by atoms with Crippen LogP contribution in [0.3, 0.4) is 0 Å². The first-order chi connectivity index (χ1) is 16.2. The molecule has 1 unspecified atom stereocenters. The summed E-state index contributed by atoms with van der Waals surface area (Å²) >= 11 is 0. The van der Waals surface area contributed by atoms with E-state index in [-0.39, 0.29) is 5.91 Å². The van der Waals surface area contributed by atoms with Gasteiger partial charge in [0.15, 0.2) is 0 Å². The highest BCUT2D eigenvalue weighted by atomic mass is 16.2. The molecule has 0 spiro atoms. The molecule has 1 aromatic carbocycles. The monoisotopic (exact) mass is 446 g/mol. The Bertz CT molecular complexity index is 1070. The summed E-state index contributed by atoms with van der Waals surface area (Å²) in [4.78, 5) is 29.5. The maximum Gasteiger partial charge on any atom is 0.242 e. The molecule has 3 aromatic rings. The predicted molar refractivity (Wildman–Crippen MR) is 131 cm³/mol. The number of amides is 1. The van der Waals surface area contributed by atoms with E-state index in [1.165, 1.54) is 6.42 Å². The molecule has 7 heteroatoms. The standard InChI is InChI=1S/C26H34N6O/c1-2-24-28-22-9-3-4-10-23(22)32(24)20-26(33)31-13-7-8-21(19-31)18-29-14-16-30(17-15-29)25-11-5-6-12-27-25/h3-6,9-12,21H,2,7-8,13-20H2,1H3. The van der Waals surface area contributed by atoms with Crippen LogP contribution in [0, 0.1) is 5.92 Å². The Morgan fingerprint density at radius 2 is 1.85 bits per heavy atom. The van der Waals surface area contributed by atoms with Gasteiger partial charge in [-0.2, -0.15) is 0 Å². The lowest BCUT2D eigenvalue weighted by Gasteiger charge is -2.39. The molecule has 0 N–H and O–H groups in total. The molecule has 0 saturated carbocycles. The molecule has 4 heterocycles. The van der Waals surface area contributed by atoms with Gasteiger partial charge in [0.2, 0.25) is 5.91 Å². The summed E-state index contributed by atoms with van der Waals surface area (Å²) in [6.07, 6.45) is 4.99. The van der Waals surface area contributed by atoms with Crippen molar-refractivity contribution in [3.8, 4) is 0 Å². The van der Waals surface area contributed by atoms with Crippen LogP contribution in [0.25, 0.3) is 11.0 Å². The fourth-order valence-corrected chi connectivity index (χ4v) is 5.31. The van der Waals surface area contributed by atoms with E-state index in [0.29, 0.717) is 12.5 Å². The number of benzene rings is 1. The molecular formula is C26H34N6O. The molecule has 7 nitrogen and oxygen atoms in total. The smallest absolute Gasteiger partial charge is 0.242 e. The van der Waals surface area contributed by atoms with Crippen LogP contribution in [0.2, 0.25) is 0 Å². The molecule has 2 aliphatic rings. The third-order valence-electron chi connectivity index (χ3n) is 7.08. The van der Waals surface area contributed by atoms with Crippen LogP contribution in [0.4, 0.5) is 5.82 Å². The van der Waals surface area contributed by atoms with Crippen molar-refractivity contribution in [3.63, 3.8) is 0 Å². The first-order valence-corrected chi connectivity index (χ1v) is 12.3. The Morgan fingerprint density at radius 3 is 2.64 bits per heavy atom. The second-order valence-corrected chi connectivity index (χ2v) is 9.28. The average Bonchev–Trinajstić information content (AvgIpc) is 3.22. The van der Waals surface area contributed by atoms with Crippen molar-refractivity contribution < 1.29 is 4.79 Å². The Morgan fingerprint density at radius 1 is 1.03 bits per heavy atom. The number of rotatable bonds is 6. The summed E-state index contributed by atoms with van der Waals surface area (Å²) < 4.78 is 2.11.